The molecule has 1 fully saturated rings. The van der Waals surface area contributed by atoms with Gasteiger partial charge in [0.2, 0.25) is 0 Å². The van der Waals surface area contributed by atoms with Gasteiger partial charge in [-0.15, -0.1) is 0 Å². The Kier molecular flexibility index (Phi) is 5.53. The van der Waals surface area contributed by atoms with Gasteiger partial charge in [-0.05, 0) is 44.4 Å². The molecular formula is C15H29F3N2. The molecule has 20 heavy (non-hydrogen) atoms. The Bertz CT molecular complexity index is 307. The molecule has 2 nitrogen and oxygen atoms in total. The fourth-order valence-electron chi connectivity index (χ4n) is 3.23. The van der Waals surface area contributed by atoms with E-state index in [1.165, 1.54) is 0 Å². The number of alkyl halides is 3. The van der Waals surface area contributed by atoms with Gasteiger partial charge in [0.05, 0.1) is 6.54 Å². The molecule has 0 spiro atoms. The average molecular weight is 294 g/mol. The molecule has 120 valence electrons. The van der Waals surface area contributed by atoms with E-state index in [0.717, 1.165) is 19.3 Å². The van der Waals surface area contributed by atoms with Crippen LogP contribution in [0, 0.1) is 11.3 Å². The van der Waals surface area contributed by atoms with Crippen molar-refractivity contribution in [2.45, 2.75) is 78.2 Å². The summed E-state index contributed by atoms with van der Waals surface area (Å²) in [4.78, 5) is 1.54. The minimum Gasteiger partial charge on any atom is -0.326 e. The summed E-state index contributed by atoms with van der Waals surface area (Å²) in [5.74, 6) is 0.432. The van der Waals surface area contributed by atoms with Gasteiger partial charge in [-0.25, -0.2) is 0 Å². The van der Waals surface area contributed by atoms with E-state index >= 15 is 0 Å². The van der Waals surface area contributed by atoms with Crippen LogP contribution in [0.3, 0.4) is 0 Å². The van der Waals surface area contributed by atoms with Crippen molar-refractivity contribution in [1.29, 1.82) is 0 Å². The number of halogens is 3. The summed E-state index contributed by atoms with van der Waals surface area (Å²) in [7, 11) is 0. The summed E-state index contributed by atoms with van der Waals surface area (Å²) in [5, 5.41) is 0. The van der Waals surface area contributed by atoms with Gasteiger partial charge >= 0.3 is 6.18 Å². The van der Waals surface area contributed by atoms with Gasteiger partial charge in [0, 0.05) is 18.1 Å². The molecule has 5 heteroatoms. The molecule has 0 aromatic rings. The number of nitrogens with two attached hydrogens (primary N) is 1. The third-order valence-electron chi connectivity index (χ3n) is 4.54. The molecule has 0 radical (unpaired) electrons. The highest BCUT2D eigenvalue weighted by Crippen LogP contribution is 2.39. The highest BCUT2D eigenvalue weighted by atomic mass is 19.4. The first-order chi connectivity index (χ1) is 8.92. The SMILES string of the molecule is CC(C)N(CC(F)(F)F)C1CC(C(C)(C)C)CCC1N. The van der Waals surface area contributed by atoms with E-state index < -0.39 is 12.7 Å². The second kappa shape index (κ2) is 6.22. The highest BCUT2D eigenvalue weighted by molar-refractivity contribution is 4.94. The Labute approximate surface area is 120 Å². The molecule has 0 heterocycles. The molecule has 2 N–H and O–H groups in total. The number of hydrogen-bond donors (Lipinski definition) is 1. The minimum atomic E-state index is -4.17. The third kappa shape index (κ3) is 4.92. The van der Waals surface area contributed by atoms with Gasteiger partial charge in [-0.2, -0.15) is 13.2 Å². The quantitative estimate of drug-likeness (QED) is 0.858. The topological polar surface area (TPSA) is 29.3 Å². The zero-order valence-corrected chi connectivity index (χ0v) is 13.3. The molecule has 1 saturated carbocycles. The van der Waals surface area contributed by atoms with Crippen LogP contribution >= 0.6 is 0 Å². The van der Waals surface area contributed by atoms with Crippen molar-refractivity contribution >= 4 is 0 Å². The molecule has 0 amide bonds. The van der Waals surface area contributed by atoms with Crippen molar-refractivity contribution in [2.24, 2.45) is 17.1 Å². The lowest BCUT2D eigenvalue weighted by Crippen LogP contribution is -2.56. The Hall–Kier alpha value is -0.290. The first-order valence-electron chi connectivity index (χ1n) is 7.50. The lowest BCUT2D eigenvalue weighted by molar-refractivity contribution is -0.159. The van der Waals surface area contributed by atoms with Crippen LogP contribution in [0.5, 0.6) is 0 Å². The lowest BCUT2D eigenvalue weighted by atomic mass is 9.69. The van der Waals surface area contributed by atoms with Crippen LogP contribution in [0.4, 0.5) is 13.2 Å². The van der Waals surface area contributed by atoms with Crippen LogP contribution in [-0.4, -0.2) is 35.7 Å². The Morgan fingerprint density at radius 1 is 1.15 bits per heavy atom. The van der Waals surface area contributed by atoms with Gasteiger partial charge in [-0.3, -0.25) is 4.90 Å². The zero-order valence-electron chi connectivity index (χ0n) is 13.3. The fourth-order valence-corrected chi connectivity index (χ4v) is 3.23. The molecule has 3 unspecified atom stereocenters. The van der Waals surface area contributed by atoms with Gasteiger partial charge in [0.25, 0.3) is 0 Å². The van der Waals surface area contributed by atoms with Crippen molar-refractivity contribution in [3.05, 3.63) is 0 Å². The number of rotatable bonds is 3. The second-order valence-corrected chi connectivity index (χ2v) is 7.49. The Morgan fingerprint density at radius 2 is 1.70 bits per heavy atom. The summed E-state index contributed by atoms with van der Waals surface area (Å²) in [6, 6.07) is -0.473. The van der Waals surface area contributed by atoms with Crippen LogP contribution < -0.4 is 5.73 Å². The molecule has 0 aromatic heterocycles. The molecule has 1 rings (SSSR count). The molecule has 0 aliphatic heterocycles. The minimum absolute atomic E-state index is 0.124. The van der Waals surface area contributed by atoms with Crippen LogP contribution in [-0.2, 0) is 0 Å². The molecular weight excluding hydrogens is 265 g/mol. The van der Waals surface area contributed by atoms with E-state index in [1.54, 1.807) is 4.90 Å². The van der Waals surface area contributed by atoms with Crippen LogP contribution in [0.25, 0.3) is 0 Å². The fraction of sp³-hybridized carbons (Fsp3) is 1.00. The maximum atomic E-state index is 12.8. The van der Waals surface area contributed by atoms with Gasteiger partial charge in [0.1, 0.15) is 0 Å². The standard InChI is InChI=1S/C15H29F3N2/c1-10(2)20(9-15(16,17)18)13-8-11(14(3,4)5)6-7-12(13)19/h10-13H,6-9,19H2,1-5H3. The van der Waals surface area contributed by atoms with E-state index in [9.17, 15) is 13.2 Å². The molecule has 0 aromatic carbocycles. The van der Waals surface area contributed by atoms with E-state index in [2.05, 4.69) is 20.8 Å². The van der Waals surface area contributed by atoms with Crippen molar-refractivity contribution < 1.29 is 13.2 Å². The maximum absolute atomic E-state index is 12.8. The van der Waals surface area contributed by atoms with E-state index in [0.29, 0.717) is 5.92 Å². The summed E-state index contributed by atoms with van der Waals surface area (Å²) in [5.41, 5.74) is 6.26. The summed E-state index contributed by atoms with van der Waals surface area (Å²) >= 11 is 0. The Morgan fingerprint density at radius 3 is 2.10 bits per heavy atom. The van der Waals surface area contributed by atoms with Crippen LogP contribution in [0.1, 0.15) is 53.9 Å². The Balaban J connectivity index is 2.87. The van der Waals surface area contributed by atoms with Gasteiger partial charge in [0.15, 0.2) is 0 Å². The molecule has 0 saturated heterocycles. The predicted molar refractivity (Wildman–Crippen MR) is 76.5 cm³/mol. The van der Waals surface area contributed by atoms with Crippen molar-refractivity contribution in [3.8, 4) is 0 Å². The lowest BCUT2D eigenvalue weighted by Gasteiger charge is -2.46. The normalized spacial score (nSPS) is 29.2. The largest absolute Gasteiger partial charge is 0.401 e. The average Bonchev–Trinajstić information content (AvgIpc) is 2.23. The number of hydrogen-bond acceptors (Lipinski definition) is 2. The van der Waals surface area contributed by atoms with E-state index in [4.69, 9.17) is 5.73 Å². The van der Waals surface area contributed by atoms with Crippen molar-refractivity contribution in [1.82, 2.24) is 4.90 Å². The van der Waals surface area contributed by atoms with Gasteiger partial charge in [-0.1, -0.05) is 20.8 Å². The molecule has 0 bridgehead atoms. The van der Waals surface area contributed by atoms with Crippen molar-refractivity contribution in [3.63, 3.8) is 0 Å². The molecule has 3 atom stereocenters. The molecule has 1 aliphatic rings. The summed E-state index contributed by atoms with van der Waals surface area (Å²) in [6.07, 6.45) is -1.58. The van der Waals surface area contributed by atoms with E-state index in [-0.39, 0.29) is 23.5 Å². The number of nitrogens with zero attached hydrogens (tertiary/aromatic N) is 1. The third-order valence-corrected chi connectivity index (χ3v) is 4.54. The first kappa shape index (κ1) is 17.8. The van der Waals surface area contributed by atoms with Gasteiger partial charge < -0.3 is 5.73 Å². The van der Waals surface area contributed by atoms with Crippen LogP contribution in [0.15, 0.2) is 0 Å². The highest BCUT2D eigenvalue weighted by Gasteiger charge is 2.41. The van der Waals surface area contributed by atoms with E-state index in [1.807, 2.05) is 13.8 Å². The smallest absolute Gasteiger partial charge is 0.326 e. The zero-order chi connectivity index (χ0) is 15.7. The predicted octanol–water partition coefficient (Wildman–Crippen LogP) is 3.80. The first-order valence-corrected chi connectivity index (χ1v) is 7.50. The maximum Gasteiger partial charge on any atom is 0.401 e. The van der Waals surface area contributed by atoms with Crippen LogP contribution in [0.2, 0.25) is 0 Å². The summed E-state index contributed by atoms with van der Waals surface area (Å²) in [6.45, 7) is 9.26. The second-order valence-electron chi connectivity index (χ2n) is 7.49. The monoisotopic (exact) mass is 294 g/mol. The summed E-state index contributed by atoms with van der Waals surface area (Å²) < 4.78 is 38.4. The molecule has 1 aliphatic carbocycles. The van der Waals surface area contributed by atoms with Crippen molar-refractivity contribution in [2.75, 3.05) is 6.54 Å².